The van der Waals surface area contributed by atoms with Crippen LogP contribution in [0.15, 0.2) is 18.2 Å². The summed E-state index contributed by atoms with van der Waals surface area (Å²) in [7, 11) is 1.74. The van der Waals surface area contributed by atoms with Crippen LogP contribution in [0.3, 0.4) is 0 Å². The zero-order valence-electron chi connectivity index (χ0n) is 12.9. The Balaban J connectivity index is 2.09. The number of hydrogen-bond donors (Lipinski definition) is 1. The molecular formula is C18H26O2. The summed E-state index contributed by atoms with van der Waals surface area (Å²) in [6.07, 6.45) is 5.93. The molecule has 1 saturated carbocycles. The lowest BCUT2D eigenvalue weighted by molar-refractivity contribution is -0.0179. The molecule has 1 unspecified atom stereocenters. The lowest BCUT2D eigenvalue weighted by Crippen LogP contribution is -2.50. The largest absolute Gasteiger partial charge is 0.497 e. The second-order valence-corrected chi connectivity index (χ2v) is 7.20. The van der Waals surface area contributed by atoms with E-state index < -0.39 is 0 Å². The molecule has 2 aliphatic carbocycles. The van der Waals surface area contributed by atoms with E-state index in [1.165, 1.54) is 30.4 Å². The Kier molecular flexibility index (Phi) is 3.32. The quantitative estimate of drug-likeness (QED) is 0.891. The van der Waals surface area contributed by atoms with Crippen LogP contribution < -0.4 is 4.74 Å². The van der Waals surface area contributed by atoms with Crippen LogP contribution in [0.25, 0.3) is 0 Å². The molecule has 0 aromatic heterocycles. The fraction of sp³-hybridized carbons (Fsp3) is 0.667. The maximum atomic E-state index is 9.93. The molecular weight excluding hydrogens is 248 g/mol. The van der Waals surface area contributed by atoms with Crippen LogP contribution in [0.4, 0.5) is 0 Å². The van der Waals surface area contributed by atoms with Gasteiger partial charge in [0.2, 0.25) is 0 Å². The van der Waals surface area contributed by atoms with Gasteiger partial charge in [-0.05, 0) is 65.7 Å². The van der Waals surface area contributed by atoms with Crippen LogP contribution >= 0.6 is 0 Å². The molecule has 1 aromatic rings. The molecule has 20 heavy (non-hydrogen) atoms. The van der Waals surface area contributed by atoms with Crippen LogP contribution in [0.1, 0.15) is 50.7 Å². The van der Waals surface area contributed by atoms with Gasteiger partial charge in [-0.15, -0.1) is 0 Å². The van der Waals surface area contributed by atoms with Gasteiger partial charge >= 0.3 is 0 Å². The fourth-order valence-corrected chi connectivity index (χ4v) is 4.89. The van der Waals surface area contributed by atoms with E-state index in [9.17, 15) is 5.11 Å². The van der Waals surface area contributed by atoms with Crippen LogP contribution in [-0.4, -0.2) is 18.8 Å². The van der Waals surface area contributed by atoms with Crippen molar-refractivity contribution in [3.05, 3.63) is 29.3 Å². The van der Waals surface area contributed by atoms with Crippen molar-refractivity contribution in [2.24, 2.45) is 11.3 Å². The Morgan fingerprint density at radius 3 is 2.80 bits per heavy atom. The molecule has 0 amide bonds. The number of methoxy groups -OCH3 is 1. The topological polar surface area (TPSA) is 29.5 Å². The summed E-state index contributed by atoms with van der Waals surface area (Å²) >= 11 is 0. The van der Waals surface area contributed by atoms with Crippen LogP contribution in [0.5, 0.6) is 5.75 Å². The molecule has 0 saturated heterocycles. The monoisotopic (exact) mass is 274 g/mol. The van der Waals surface area contributed by atoms with Gasteiger partial charge in [0.1, 0.15) is 5.75 Å². The second-order valence-electron chi connectivity index (χ2n) is 7.20. The van der Waals surface area contributed by atoms with Crippen LogP contribution in [0.2, 0.25) is 0 Å². The lowest BCUT2D eigenvalue weighted by Gasteiger charge is -2.55. The molecule has 1 N–H and O–H groups in total. The third-order valence-corrected chi connectivity index (χ3v) is 6.05. The highest BCUT2D eigenvalue weighted by Gasteiger charge is 2.51. The van der Waals surface area contributed by atoms with Crippen molar-refractivity contribution in [1.82, 2.24) is 0 Å². The molecule has 2 aliphatic rings. The van der Waals surface area contributed by atoms with E-state index in [4.69, 9.17) is 4.74 Å². The van der Waals surface area contributed by atoms with Crippen LogP contribution in [0, 0.1) is 11.3 Å². The molecule has 2 nitrogen and oxygen atoms in total. The first-order chi connectivity index (χ1) is 9.53. The van der Waals surface area contributed by atoms with E-state index in [-0.39, 0.29) is 10.8 Å². The number of fused-ring (bicyclic) bond motifs is 3. The van der Waals surface area contributed by atoms with Gasteiger partial charge in [-0.3, -0.25) is 0 Å². The number of aliphatic hydroxyl groups excluding tert-OH is 1. The van der Waals surface area contributed by atoms with Crippen molar-refractivity contribution < 1.29 is 9.84 Å². The van der Waals surface area contributed by atoms with E-state index in [0.717, 1.165) is 18.6 Å². The molecule has 3 atom stereocenters. The molecule has 0 spiro atoms. The highest BCUT2D eigenvalue weighted by molar-refractivity contribution is 5.43. The third kappa shape index (κ3) is 1.88. The minimum absolute atomic E-state index is 0.0771. The van der Waals surface area contributed by atoms with E-state index in [0.29, 0.717) is 12.5 Å². The van der Waals surface area contributed by atoms with Crippen molar-refractivity contribution in [2.45, 2.75) is 51.4 Å². The van der Waals surface area contributed by atoms with Crippen molar-refractivity contribution in [3.8, 4) is 5.75 Å². The third-order valence-electron chi connectivity index (χ3n) is 6.05. The molecule has 110 valence electrons. The van der Waals surface area contributed by atoms with E-state index >= 15 is 0 Å². The Morgan fingerprint density at radius 1 is 1.30 bits per heavy atom. The Bertz CT molecular complexity index is 510. The van der Waals surface area contributed by atoms with Crippen LogP contribution in [-0.2, 0) is 11.8 Å². The summed E-state index contributed by atoms with van der Waals surface area (Å²) < 4.78 is 5.43. The second kappa shape index (κ2) is 4.77. The van der Waals surface area contributed by atoms with Gasteiger partial charge in [0.25, 0.3) is 0 Å². The molecule has 0 aliphatic heterocycles. The predicted octanol–water partition coefficient (Wildman–Crippen LogP) is 3.70. The summed E-state index contributed by atoms with van der Waals surface area (Å²) in [6.45, 7) is 5.00. The summed E-state index contributed by atoms with van der Waals surface area (Å²) in [5.74, 6) is 1.54. The average Bonchev–Trinajstić information content (AvgIpc) is 2.46. The average molecular weight is 274 g/mol. The normalized spacial score (nSPS) is 36.1. The minimum Gasteiger partial charge on any atom is -0.497 e. The Labute approximate surface area is 122 Å². The van der Waals surface area contributed by atoms with E-state index in [2.05, 4.69) is 32.0 Å². The first-order valence-electron chi connectivity index (χ1n) is 7.82. The summed E-state index contributed by atoms with van der Waals surface area (Å²) in [5.41, 5.74) is 3.21. The predicted molar refractivity (Wildman–Crippen MR) is 81.2 cm³/mol. The van der Waals surface area contributed by atoms with Gasteiger partial charge in [0, 0.05) is 6.61 Å². The van der Waals surface area contributed by atoms with Gasteiger partial charge < -0.3 is 9.84 Å². The molecule has 0 heterocycles. The minimum atomic E-state index is 0.0771. The maximum Gasteiger partial charge on any atom is 0.119 e. The zero-order valence-corrected chi connectivity index (χ0v) is 12.9. The van der Waals surface area contributed by atoms with Gasteiger partial charge in [-0.2, -0.15) is 0 Å². The molecule has 1 aromatic carbocycles. The summed E-state index contributed by atoms with van der Waals surface area (Å²) in [5, 5.41) is 9.93. The summed E-state index contributed by atoms with van der Waals surface area (Å²) in [6, 6.07) is 6.56. The van der Waals surface area contributed by atoms with E-state index in [1.54, 1.807) is 7.11 Å². The molecule has 3 rings (SSSR count). The van der Waals surface area contributed by atoms with Crippen molar-refractivity contribution in [1.29, 1.82) is 0 Å². The molecule has 0 radical (unpaired) electrons. The molecule has 0 bridgehead atoms. The number of aryl methyl sites for hydroxylation is 1. The Morgan fingerprint density at radius 2 is 2.10 bits per heavy atom. The molecule has 2 heteroatoms. The van der Waals surface area contributed by atoms with Gasteiger partial charge in [-0.25, -0.2) is 0 Å². The van der Waals surface area contributed by atoms with E-state index in [1.807, 2.05) is 0 Å². The van der Waals surface area contributed by atoms with Gasteiger partial charge in [0.15, 0.2) is 0 Å². The van der Waals surface area contributed by atoms with Crippen molar-refractivity contribution in [2.75, 3.05) is 13.7 Å². The van der Waals surface area contributed by atoms with Crippen molar-refractivity contribution in [3.63, 3.8) is 0 Å². The fourth-order valence-electron chi connectivity index (χ4n) is 4.89. The zero-order chi connectivity index (χ0) is 14.4. The maximum absolute atomic E-state index is 9.93. The first-order valence-corrected chi connectivity index (χ1v) is 7.82. The molecule has 1 fully saturated rings. The number of rotatable bonds is 2. The van der Waals surface area contributed by atoms with Gasteiger partial charge in [0.05, 0.1) is 7.11 Å². The number of benzene rings is 1. The first kappa shape index (κ1) is 13.9. The standard InChI is InChI=1S/C18H26O2/c1-17(12-19)9-4-10-18(2)15-11-14(20-3)7-5-13(15)6-8-16(17)18/h5,7,11,16,19H,4,6,8-10,12H2,1-3H3/t16?,17-,18+/m0/s1. The number of ether oxygens (including phenoxy) is 1. The highest BCUT2D eigenvalue weighted by Crippen LogP contribution is 2.57. The number of hydrogen-bond acceptors (Lipinski definition) is 2. The smallest absolute Gasteiger partial charge is 0.119 e. The number of aliphatic hydroxyl groups is 1. The SMILES string of the molecule is COc1ccc2c(c1)[C@@]1(C)CCC[C@@](C)(CO)C1CC2. The Hall–Kier alpha value is -1.02. The van der Waals surface area contributed by atoms with Crippen molar-refractivity contribution >= 4 is 0 Å². The summed E-state index contributed by atoms with van der Waals surface area (Å²) in [4.78, 5) is 0. The lowest BCUT2D eigenvalue weighted by atomic mass is 9.50. The van der Waals surface area contributed by atoms with Gasteiger partial charge in [-0.1, -0.05) is 26.3 Å². The highest BCUT2D eigenvalue weighted by atomic mass is 16.5.